The van der Waals surface area contributed by atoms with Crippen molar-refractivity contribution in [2.24, 2.45) is 0 Å². The lowest BCUT2D eigenvalue weighted by atomic mass is 10.8. The lowest BCUT2D eigenvalue weighted by Crippen LogP contribution is -1.92. The maximum Gasteiger partial charge on any atom is 0.425 e. The smallest absolute Gasteiger partial charge is 0.425 e. The van der Waals surface area contributed by atoms with Gasteiger partial charge in [0.05, 0.1) is 6.61 Å². The molecule has 3 nitrogen and oxygen atoms in total. The zero-order chi connectivity index (χ0) is 6.41. The van der Waals surface area contributed by atoms with E-state index in [0.717, 1.165) is 0 Å². The number of hydrogen-bond donors (Lipinski definition) is 0. The fraction of sp³-hybridized carbons (Fsp3) is 0.400. The monoisotopic (exact) mass is 115 g/mol. The zero-order valence-electron chi connectivity index (χ0n) is 4.64. The third kappa shape index (κ3) is 3.21. The molecule has 0 rings (SSSR count). The highest BCUT2D eigenvalue weighted by molar-refractivity contribution is 5.39. The Morgan fingerprint density at radius 2 is 2.50 bits per heavy atom. The van der Waals surface area contributed by atoms with E-state index in [1.807, 2.05) is 0 Å². The second kappa shape index (κ2) is 4.18. The van der Waals surface area contributed by atoms with Crippen LogP contribution in [0.15, 0.2) is 12.5 Å². The van der Waals surface area contributed by atoms with Gasteiger partial charge in [-0.25, -0.2) is 4.79 Å². The van der Waals surface area contributed by atoms with Crippen LogP contribution < -0.4 is 0 Å². The molecule has 0 aromatic heterocycles. The van der Waals surface area contributed by atoms with Crippen LogP contribution in [0.1, 0.15) is 6.92 Å². The summed E-state index contributed by atoms with van der Waals surface area (Å²) in [5.74, 6) is -0.0116. The van der Waals surface area contributed by atoms with Crippen LogP contribution in [0, 0.1) is 0 Å². The maximum atomic E-state index is 9.40. The lowest BCUT2D eigenvalue weighted by Gasteiger charge is -1.99. The minimum absolute atomic E-state index is 0.0116. The van der Waals surface area contributed by atoms with Crippen LogP contribution in [-0.4, -0.2) is 13.1 Å². The third-order valence-corrected chi connectivity index (χ3v) is 0.461. The molecule has 0 aliphatic rings. The summed E-state index contributed by atoms with van der Waals surface area (Å²) in [7, 11) is 0. The van der Waals surface area contributed by atoms with Crippen molar-refractivity contribution in [3.8, 4) is 0 Å². The van der Waals surface area contributed by atoms with Crippen molar-refractivity contribution in [3.05, 3.63) is 12.5 Å². The molecule has 8 heavy (non-hydrogen) atoms. The molecule has 0 bridgehead atoms. The molecule has 0 amide bonds. The predicted octanol–water partition coefficient (Wildman–Crippen LogP) is 0.578. The minimum atomic E-state index is -0.0116. The Morgan fingerprint density at radius 3 is 2.88 bits per heavy atom. The molecular formula is C5H7O3. The fourth-order valence-corrected chi connectivity index (χ4v) is 0.237. The van der Waals surface area contributed by atoms with Gasteiger partial charge in [0.2, 0.25) is 0 Å². The van der Waals surface area contributed by atoms with Gasteiger partial charge in [-0.15, -0.1) is 0 Å². The van der Waals surface area contributed by atoms with E-state index in [2.05, 4.69) is 16.1 Å². The normalized spacial score (nSPS) is 7.62. The number of ether oxygens (including phenoxy) is 2. The van der Waals surface area contributed by atoms with Crippen LogP contribution in [0.25, 0.3) is 0 Å². The SMILES string of the molecule is C=C(O[C]=O)OCC. The Kier molecular flexibility index (Phi) is 3.66. The van der Waals surface area contributed by atoms with E-state index in [4.69, 9.17) is 0 Å². The Labute approximate surface area is 47.9 Å². The molecule has 0 atom stereocenters. The van der Waals surface area contributed by atoms with E-state index in [1.165, 1.54) is 6.47 Å². The van der Waals surface area contributed by atoms with Crippen molar-refractivity contribution >= 4 is 6.47 Å². The van der Waals surface area contributed by atoms with E-state index in [9.17, 15) is 4.79 Å². The van der Waals surface area contributed by atoms with E-state index in [1.54, 1.807) is 6.92 Å². The molecular weight excluding hydrogens is 108 g/mol. The first-order valence-corrected chi connectivity index (χ1v) is 2.17. The van der Waals surface area contributed by atoms with Crippen molar-refractivity contribution in [2.45, 2.75) is 6.92 Å². The summed E-state index contributed by atoms with van der Waals surface area (Å²) in [6.07, 6.45) is 0. The van der Waals surface area contributed by atoms with Crippen LogP contribution in [-0.2, 0) is 14.3 Å². The fourth-order valence-electron chi connectivity index (χ4n) is 0.237. The van der Waals surface area contributed by atoms with E-state index in [-0.39, 0.29) is 5.95 Å². The summed E-state index contributed by atoms with van der Waals surface area (Å²) in [4.78, 5) is 9.40. The molecule has 0 aliphatic heterocycles. The maximum absolute atomic E-state index is 9.40. The summed E-state index contributed by atoms with van der Waals surface area (Å²) in [5, 5.41) is 0. The predicted molar refractivity (Wildman–Crippen MR) is 27.5 cm³/mol. The van der Waals surface area contributed by atoms with Gasteiger partial charge in [-0.2, -0.15) is 0 Å². The highest BCUT2D eigenvalue weighted by Crippen LogP contribution is 1.90. The minimum Gasteiger partial charge on any atom is -0.466 e. The summed E-state index contributed by atoms with van der Waals surface area (Å²) < 4.78 is 8.66. The Hall–Kier alpha value is -0.990. The molecule has 0 unspecified atom stereocenters. The van der Waals surface area contributed by atoms with Crippen molar-refractivity contribution in [3.63, 3.8) is 0 Å². The Morgan fingerprint density at radius 1 is 1.88 bits per heavy atom. The Bertz CT molecular complexity index is 87.7. The van der Waals surface area contributed by atoms with Gasteiger partial charge in [-0.05, 0) is 13.5 Å². The van der Waals surface area contributed by atoms with Gasteiger partial charge in [0.15, 0.2) is 0 Å². The van der Waals surface area contributed by atoms with E-state index in [0.29, 0.717) is 6.61 Å². The average molecular weight is 115 g/mol. The van der Waals surface area contributed by atoms with E-state index >= 15 is 0 Å². The van der Waals surface area contributed by atoms with Crippen LogP contribution in [0.5, 0.6) is 0 Å². The topological polar surface area (TPSA) is 35.5 Å². The van der Waals surface area contributed by atoms with Crippen LogP contribution in [0.4, 0.5) is 0 Å². The summed E-state index contributed by atoms with van der Waals surface area (Å²) in [5.41, 5.74) is 0. The van der Waals surface area contributed by atoms with Crippen molar-refractivity contribution in [1.82, 2.24) is 0 Å². The summed E-state index contributed by atoms with van der Waals surface area (Å²) in [6.45, 7) is 6.61. The molecule has 0 aliphatic carbocycles. The summed E-state index contributed by atoms with van der Waals surface area (Å²) in [6, 6.07) is 0. The van der Waals surface area contributed by atoms with Crippen LogP contribution >= 0.6 is 0 Å². The van der Waals surface area contributed by atoms with Gasteiger partial charge in [0, 0.05) is 0 Å². The molecule has 0 aromatic rings. The van der Waals surface area contributed by atoms with E-state index < -0.39 is 0 Å². The molecule has 0 fully saturated rings. The Balaban J connectivity index is 3.18. The van der Waals surface area contributed by atoms with Gasteiger partial charge in [-0.3, -0.25) is 0 Å². The second-order valence-electron chi connectivity index (χ2n) is 0.990. The first-order valence-electron chi connectivity index (χ1n) is 2.17. The molecule has 0 saturated heterocycles. The van der Waals surface area contributed by atoms with Gasteiger partial charge >= 0.3 is 6.47 Å². The second-order valence-corrected chi connectivity index (χ2v) is 0.990. The quantitative estimate of drug-likeness (QED) is 0.502. The summed E-state index contributed by atoms with van der Waals surface area (Å²) >= 11 is 0. The van der Waals surface area contributed by atoms with Crippen LogP contribution in [0.2, 0.25) is 0 Å². The molecule has 0 aromatic carbocycles. The first kappa shape index (κ1) is 7.01. The molecule has 45 valence electrons. The van der Waals surface area contributed by atoms with Crippen LogP contribution in [0.3, 0.4) is 0 Å². The molecule has 1 radical (unpaired) electrons. The van der Waals surface area contributed by atoms with Gasteiger partial charge < -0.3 is 9.47 Å². The molecule has 0 N–H and O–H groups in total. The first-order chi connectivity index (χ1) is 3.81. The van der Waals surface area contributed by atoms with Gasteiger partial charge in [0.1, 0.15) is 0 Å². The molecule has 0 spiro atoms. The lowest BCUT2D eigenvalue weighted by molar-refractivity contribution is 0.108. The number of rotatable bonds is 4. The highest BCUT2D eigenvalue weighted by atomic mass is 16.7. The third-order valence-electron chi connectivity index (χ3n) is 0.461. The van der Waals surface area contributed by atoms with Gasteiger partial charge in [0.25, 0.3) is 5.95 Å². The molecule has 0 saturated carbocycles. The number of carbonyl (C=O) groups excluding carboxylic acids is 1. The van der Waals surface area contributed by atoms with Crippen molar-refractivity contribution < 1.29 is 14.3 Å². The van der Waals surface area contributed by atoms with Gasteiger partial charge in [-0.1, -0.05) is 0 Å². The zero-order valence-corrected chi connectivity index (χ0v) is 4.64. The average Bonchev–Trinajstić information content (AvgIpc) is 1.68. The molecule has 3 heteroatoms. The molecule has 0 heterocycles. The van der Waals surface area contributed by atoms with Crippen molar-refractivity contribution in [1.29, 1.82) is 0 Å². The highest BCUT2D eigenvalue weighted by Gasteiger charge is 1.88. The largest absolute Gasteiger partial charge is 0.466 e. The van der Waals surface area contributed by atoms with Crippen molar-refractivity contribution in [2.75, 3.05) is 6.61 Å². The standard InChI is InChI=1S/C5H7O3/c1-3-7-5(2)8-4-6/h2-3H2,1H3. The number of hydrogen-bond acceptors (Lipinski definition) is 3.